The molecule has 1 saturated heterocycles. The third-order valence-corrected chi connectivity index (χ3v) is 3.83. The average Bonchev–Trinajstić information content (AvgIpc) is 3.05. The molecule has 126 valence electrons. The van der Waals surface area contributed by atoms with Crippen LogP contribution in [0.2, 0.25) is 0 Å². The number of aromatic nitrogens is 3. The summed E-state index contributed by atoms with van der Waals surface area (Å²) in [5, 5.41) is 3.38. The topological polar surface area (TPSA) is 76.3 Å². The molecule has 1 atom stereocenters. The lowest BCUT2D eigenvalue weighted by molar-refractivity contribution is 0.261. The lowest BCUT2D eigenvalue weighted by Gasteiger charge is -2.34. The van der Waals surface area contributed by atoms with Gasteiger partial charge in [0.15, 0.2) is 5.58 Å². The molecule has 1 N–H and O–H groups in total. The van der Waals surface area contributed by atoms with Crippen LogP contribution in [0.15, 0.2) is 47.3 Å². The summed E-state index contributed by atoms with van der Waals surface area (Å²) >= 11 is 0. The molecule has 0 saturated carbocycles. The fraction of sp³-hybridized carbons (Fsp3) is 0.312. The van der Waals surface area contributed by atoms with Crippen molar-refractivity contribution in [3.8, 4) is 5.75 Å². The fourth-order valence-electron chi connectivity index (χ4n) is 2.67. The Morgan fingerprint density at radius 3 is 3.04 bits per heavy atom. The van der Waals surface area contributed by atoms with Gasteiger partial charge in [-0.1, -0.05) is 0 Å². The zero-order chi connectivity index (χ0) is 15.5. The Bertz CT molecular complexity index is 749. The van der Waals surface area contributed by atoms with E-state index in [1.54, 1.807) is 18.6 Å². The van der Waals surface area contributed by atoms with Gasteiger partial charge < -0.3 is 19.4 Å². The third-order valence-electron chi connectivity index (χ3n) is 3.83. The van der Waals surface area contributed by atoms with Crippen molar-refractivity contribution in [2.75, 3.05) is 31.1 Å². The molecule has 0 aliphatic carbocycles. The van der Waals surface area contributed by atoms with E-state index in [1.165, 1.54) is 0 Å². The number of ether oxygens (including phenoxy) is 1. The van der Waals surface area contributed by atoms with Crippen molar-refractivity contribution < 1.29 is 9.15 Å². The summed E-state index contributed by atoms with van der Waals surface area (Å²) in [5.41, 5.74) is 1.33. The van der Waals surface area contributed by atoms with Gasteiger partial charge in [-0.05, 0) is 24.3 Å². The van der Waals surface area contributed by atoms with Gasteiger partial charge in [0.2, 0.25) is 5.65 Å². The largest absolute Gasteiger partial charge is 0.490 e. The molecule has 0 amide bonds. The summed E-state index contributed by atoms with van der Waals surface area (Å²) in [7, 11) is 0. The lowest BCUT2D eigenvalue weighted by atomic mass is 10.2. The van der Waals surface area contributed by atoms with E-state index in [0.717, 1.165) is 25.4 Å². The highest BCUT2D eigenvalue weighted by molar-refractivity contribution is 5.85. The van der Waals surface area contributed by atoms with Crippen LogP contribution in [0.3, 0.4) is 0 Å². The molecule has 7 nitrogen and oxygen atoms in total. The van der Waals surface area contributed by atoms with Crippen LogP contribution in [-0.4, -0.2) is 47.2 Å². The van der Waals surface area contributed by atoms with Gasteiger partial charge in [0.25, 0.3) is 6.01 Å². The van der Waals surface area contributed by atoms with E-state index in [0.29, 0.717) is 23.9 Å². The predicted molar refractivity (Wildman–Crippen MR) is 92.8 cm³/mol. The first-order valence-electron chi connectivity index (χ1n) is 7.62. The molecule has 1 aliphatic rings. The van der Waals surface area contributed by atoms with Crippen molar-refractivity contribution in [1.82, 2.24) is 20.3 Å². The Kier molecular flexibility index (Phi) is 5.12. The van der Waals surface area contributed by atoms with Crippen LogP contribution in [0.4, 0.5) is 6.01 Å². The van der Waals surface area contributed by atoms with Crippen molar-refractivity contribution in [3.05, 3.63) is 42.9 Å². The van der Waals surface area contributed by atoms with Crippen molar-refractivity contribution in [2.24, 2.45) is 0 Å². The number of hydrogen-bond donors (Lipinski definition) is 1. The zero-order valence-corrected chi connectivity index (χ0v) is 13.8. The van der Waals surface area contributed by atoms with E-state index in [1.807, 2.05) is 24.3 Å². The first kappa shape index (κ1) is 16.5. The van der Waals surface area contributed by atoms with E-state index in [-0.39, 0.29) is 18.4 Å². The molecular weight excluding hydrogens is 330 g/mol. The van der Waals surface area contributed by atoms with Gasteiger partial charge in [-0.3, -0.25) is 4.98 Å². The van der Waals surface area contributed by atoms with Crippen LogP contribution in [0.1, 0.15) is 0 Å². The van der Waals surface area contributed by atoms with E-state index in [2.05, 4.69) is 25.2 Å². The number of rotatable bonds is 4. The molecule has 1 fully saturated rings. The smallest absolute Gasteiger partial charge is 0.300 e. The minimum Gasteiger partial charge on any atom is -0.490 e. The molecular formula is C16H18ClN5O2. The van der Waals surface area contributed by atoms with Crippen LogP contribution in [0.25, 0.3) is 11.2 Å². The van der Waals surface area contributed by atoms with Crippen molar-refractivity contribution in [3.63, 3.8) is 0 Å². The van der Waals surface area contributed by atoms with Gasteiger partial charge in [0.1, 0.15) is 12.4 Å². The third kappa shape index (κ3) is 3.42. The molecule has 1 unspecified atom stereocenters. The number of piperazine rings is 1. The van der Waals surface area contributed by atoms with Gasteiger partial charge >= 0.3 is 0 Å². The highest BCUT2D eigenvalue weighted by Gasteiger charge is 2.27. The minimum atomic E-state index is 0. The Hall–Kier alpha value is -2.38. The van der Waals surface area contributed by atoms with E-state index in [9.17, 15) is 0 Å². The molecule has 24 heavy (non-hydrogen) atoms. The highest BCUT2D eigenvalue weighted by atomic mass is 35.5. The SMILES string of the molecule is Cl.c1cncc(OCC2CNCCN2c2nc3ncccc3o2)c1. The first-order valence-corrected chi connectivity index (χ1v) is 7.62. The quantitative estimate of drug-likeness (QED) is 0.772. The summed E-state index contributed by atoms with van der Waals surface area (Å²) in [5.74, 6) is 0.761. The molecule has 8 heteroatoms. The second-order valence-electron chi connectivity index (χ2n) is 5.37. The molecule has 0 aromatic carbocycles. The minimum absolute atomic E-state index is 0. The van der Waals surface area contributed by atoms with E-state index < -0.39 is 0 Å². The van der Waals surface area contributed by atoms with E-state index in [4.69, 9.17) is 9.15 Å². The maximum absolute atomic E-state index is 5.85. The highest BCUT2D eigenvalue weighted by Crippen LogP contribution is 2.23. The first-order chi connectivity index (χ1) is 11.4. The van der Waals surface area contributed by atoms with Crippen molar-refractivity contribution >= 4 is 29.7 Å². The number of anilines is 1. The van der Waals surface area contributed by atoms with Gasteiger partial charge in [0, 0.05) is 32.0 Å². The lowest BCUT2D eigenvalue weighted by Crippen LogP contribution is -2.54. The Morgan fingerprint density at radius 1 is 1.29 bits per heavy atom. The molecule has 4 heterocycles. The monoisotopic (exact) mass is 347 g/mol. The fourth-order valence-corrected chi connectivity index (χ4v) is 2.67. The van der Waals surface area contributed by atoms with Crippen molar-refractivity contribution in [1.29, 1.82) is 0 Å². The number of pyridine rings is 2. The summed E-state index contributed by atoms with van der Waals surface area (Å²) in [6.07, 6.45) is 5.16. The molecule has 0 spiro atoms. The number of nitrogens with zero attached hydrogens (tertiary/aromatic N) is 4. The Labute approximate surface area is 145 Å². The maximum Gasteiger partial charge on any atom is 0.300 e. The average molecular weight is 348 g/mol. The zero-order valence-electron chi connectivity index (χ0n) is 13.0. The van der Waals surface area contributed by atoms with Gasteiger partial charge in [-0.2, -0.15) is 4.98 Å². The summed E-state index contributed by atoms with van der Waals surface area (Å²) in [6, 6.07) is 8.22. The van der Waals surface area contributed by atoms with Crippen LogP contribution >= 0.6 is 12.4 Å². The summed E-state index contributed by atoms with van der Waals surface area (Å²) in [4.78, 5) is 14.9. The molecule has 3 aromatic rings. The molecule has 0 bridgehead atoms. The molecule has 0 radical (unpaired) electrons. The van der Waals surface area contributed by atoms with Crippen molar-refractivity contribution in [2.45, 2.75) is 6.04 Å². The summed E-state index contributed by atoms with van der Waals surface area (Å²) in [6.45, 7) is 3.04. The number of hydrogen-bond acceptors (Lipinski definition) is 7. The van der Waals surface area contributed by atoms with Gasteiger partial charge in [-0.25, -0.2) is 4.98 Å². The normalized spacial score (nSPS) is 17.5. The van der Waals surface area contributed by atoms with Crippen LogP contribution in [0, 0.1) is 0 Å². The molecule has 3 aromatic heterocycles. The number of oxazole rings is 1. The standard InChI is InChI=1S/C16H17N5O2.ClH/c1-3-13(10-17-5-1)22-11-12-9-18-7-8-21(12)16-20-15-14(23-16)4-2-6-19-15;/h1-6,10,12,18H,7-9,11H2;1H. The second-order valence-corrected chi connectivity index (χ2v) is 5.37. The number of halogens is 1. The van der Waals surface area contributed by atoms with E-state index >= 15 is 0 Å². The number of fused-ring (bicyclic) bond motifs is 1. The predicted octanol–water partition coefficient (Wildman–Crippen LogP) is 1.90. The van der Waals surface area contributed by atoms with Crippen LogP contribution in [-0.2, 0) is 0 Å². The Balaban J connectivity index is 0.00000169. The second kappa shape index (κ2) is 7.46. The molecule has 1 aliphatic heterocycles. The molecule has 4 rings (SSSR count). The van der Waals surface area contributed by atoms with Gasteiger partial charge in [-0.15, -0.1) is 12.4 Å². The number of nitrogens with one attached hydrogen (secondary N) is 1. The van der Waals surface area contributed by atoms with Crippen LogP contribution < -0.4 is 15.0 Å². The Morgan fingerprint density at radius 2 is 2.21 bits per heavy atom. The summed E-state index contributed by atoms with van der Waals surface area (Å²) < 4.78 is 11.7. The van der Waals surface area contributed by atoms with Crippen LogP contribution in [0.5, 0.6) is 5.75 Å². The maximum atomic E-state index is 5.85. The van der Waals surface area contributed by atoms with Gasteiger partial charge in [0.05, 0.1) is 12.2 Å².